The van der Waals surface area contributed by atoms with Crippen LogP contribution in [0, 0.1) is 17.2 Å². The van der Waals surface area contributed by atoms with E-state index in [4.69, 9.17) is 5.26 Å². The van der Waals surface area contributed by atoms with Gasteiger partial charge in [-0.25, -0.2) is 0 Å². The van der Waals surface area contributed by atoms with Crippen LogP contribution < -0.4 is 0 Å². The quantitative estimate of drug-likeness (QED) is 0.846. The number of rotatable bonds is 3. The van der Waals surface area contributed by atoms with Gasteiger partial charge >= 0.3 is 0 Å². The van der Waals surface area contributed by atoms with Crippen molar-refractivity contribution in [3.63, 3.8) is 0 Å². The highest BCUT2D eigenvalue weighted by Crippen LogP contribution is 2.28. The van der Waals surface area contributed by atoms with Gasteiger partial charge in [-0.15, -0.1) is 11.3 Å². The molecule has 1 aromatic rings. The van der Waals surface area contributed by atoms with Gasteiger partial charge in [-0.2, -0.15) is 5.26 Å². The molecule has 0 atom stereocenters. The van der Waals surface area contributed by atoms with E-state index in [1.807, 2.05) is 4.90 Å². The van der Waals surface area contributed by atoms with Gasteiger partial charge in [0.25, 0.3) is 5.91 Å². The van der Waals surface area contributed by atoms with E-state index in [9.17, 15) is 9.59 Å². The lowest BCUT2D eigenvalue weighted by molar-refractivity contribution is -0.132. The van der Waals surface area contributed by atoms with E-state index in [1.165, 1.54) is 37.0 Å². The molecule has 3 rings (SSSR count). The summed E-state index contributed by atoms with van der Waals surface area (Å²) in [7, 11) is 0. The molecule has 0 spiro atoms. The number of hydrogen-bond acceptors (Lipinski definition) is 4. The Morgan fingerprint density at radius 2 is 1.83 bits per heavy atom. The zero-order valence-electron chi connectivity index (χ0n) is 13.9. The van der Waals surface area contributed by atoms with Crippen LogP contribution in [-0.2, 0) is 4.79 Å². The molecule has 1 aromatic heterocycles. The van der Waals surface area contributed by atoms with E-state index < -0.39 is 0 Å². The summed E-state index contributed by atoms with van der Waals surface area (Å²) >= 11 is 1.32. The number of thiophene rings is 1. The van der Waals surface area contributed by atoms with Gasteiger partial charge in [-0.3, -0.25) is 9.59 Å². The van der Waals surface area contributed by atoms with Crippen molar-refractivity contribution >= 4 is 23.2 Å². The Labute approximate surface area is 146 Å². The molecule has 2 aliphatic rings. The van der Waals surface area contributed by atoms with Crippen molar-refractivity contribution in [3.05, 3.63) is 21.9 Å². The van der Waals surface area contributed by atoms with Gasteiger partial charge in [0.1, 0.15) is 10.9 Å². The molecule has 128 valence electrons. The van der Waals surface area contributed by atoms with Crippen molar-refractivity contribution in [2.75, 3.05) is 26.2 Å². The Balaban J connectivity index is 1.57. The SMILES string of the molecule is N#Cc1ccsc1C(=O)N1CCCN(C(=O)CC2CCCC2)CC1. The molecule has 5 nitrogen and oxygen atoms in total. The summed E-state index contributed by atoms with van der Waals surface area (Å²) in [5.74, 6) is 0.722. The van der Waals surface area contributed by atoms with E-state index in [0.717, 1.165) is 13.0 Å². The van der Waals surface area contributed by atoms with Crippen molar-refractivity contribution < 1.29 is 9.59 Å². The van der Waals surface area contributed by atoms with Crippen LogP contribution in [0.4, 0.5) is 0 Å². The predicted octanol–water partition coefficient (Wildman–Crippen LogP) is 2.87. The van der Waals surface area contributed by atoms with Gasteiger partial charge in [0.15, 0.2) is 0 Å². The highest BCUT2D eigenvalue weighted by Gasteiger charge is 2.26. The van der Waals surface area contributed by atoms with Gasteiger partial charge in [-0.05, 0) is 36.6 Å². The molecule has 1 saturated heterocycles. The fraction of sp³-hybridized carbons (Fsp3) is 0.611. The molecule has 2 heterocycles. The fourth-order valence-electron chi connectivity index (χ4n) is 3.67. The average molecular weight is 345 g/mol. The highest BCUT2D eigenvalue weighted by molar-refractivity contribution is 7.12. The number of carbonyl (C=O) groups excluding carboxylic acids is 2. The maximum Gasteiger partial charge on any atom is 0.265 e. The summed E-state index contributed by atoms with van der Waals surface area (Å²) < 4.78 is 0. The minimum atomic E-state index is -0.0772. The molecule has 24 heavy (non-hydrogen) atoms. The minimum Gasteiger partial charge on any atom is -0.341 e. The summed E-state index contributed by atoms with van der Waals surface area (Å²) in [5, 5.41) is 10.9. The second kappa shape index (κ2) is 7.80. The van der Waals surface area contributed by atoms with E-state index in [-0.39, 0.29) is 11.8 Å². The zero-order chi connectivity index (χ0) is 16.9. The smallest absolute Gasteiger partial charge is 0.265 e. The van der Waals surface area contributed by atoms with Crippen LogP contribution >= 0.6 is 11.3 Å². The highest BCUT2D eigenvalue weighted by atomic mass is 32.1. The molecule has 2 amide bonds. The van der Waals surface area contributed by atoms with Crippen molar-refractivity contribution in [3.8, 4) is 6.07 Å². The van der Waals surface area contributed by atoms with E-state index >= 15 is 0 Å². The van der Waals surface area contributed by atoms with Crippen LogP contribution in [0.3, 0.4) is 0 Å². The van der Waals surface area contributed by atoms with Crippen LogP contribution in [0.2, 0.25) is 0 Å². The third-order valence-electron chi connectivity index (χ3n) is 5.05. The number of hydrogen-bond donors (Lipinski definition) is 0. The molecule has 2 fully saturated rings. The van der Waals surface area contributed by atoms with Crippen LogP contribution in [0.15, 0.2) is 11.4 Å². The maximum atomic E-state index is 12.6. The predicted molar refractivity (Wildman–Crippen MR) is 92.7 cm³/mol. The van der Waals surface area contributed by atoms with Crippen LogP contribution in [0.25, 0.3) is 0 Å². The monoisotopic (exact) mass is 345 g/mol. The Morgan fingerprint density at radius 1 is 1.12 bits per heavy atom. The summed E-state index contributed by atoms with van der Waals surface area (Å²) in [4.78, 5) is 29.4. The Kier molecular flexibility index (Phi) is 5.52. The van der Waals surface area contributed by atoms with Gasteiger partial charge in [-0.1, -0.05) is 12.8 Å². The lowest BCUT2D eigenvalue weighted by atomic mass is 10.0. The minimum absolute atomic E-state index is 0.0772. The Bertz CT molecular complexity index is 643. The second-order valence-electron chi connectivity index (χ2n) is 6.66. The lowest BCUT2D eigenvalue weighted by Crippen LogP contribution is -2.37. The Morgan fingerprint density at radius 3 is 2.58 bits per heavy atom. The summed E-state index contributed by atoms with van der Waals surface area (Å²) in [6.45, 7) is 2.53. The molecule has 0 N–H and O–H groups in total. The van der Waals surface area contributed by atoms with Crippen LogP contribution in [0.5, 0.6) is 0 Å². The first-order valence-electron chi connectivity index (χ1n) is 8.73. The van der Waals surface area contributed by atoms with Crippen molar-refractivity contribution in [2.45, 2.75) is 38.5 Å². The van der Waals surface area contributed by atoms with Crippen LogP contribution in [-0.4, -0.2) is 47.8 Å². The topological polar surface area (TPSA) is 64.4 Å². The first-order chi connectivity index (χ1) is 11.7. The molecular formula is C18H23N3O2S. The number of amides is 2. The van der Waals surface area contributed by atoms with Gasteiger partial charge < -0.3 is 9.80 Å². The summed E-state index contributed by atoms with van der Waals surface area (Å²) in [6, 6.07) is 3.76. The second-order valence-corrected chi connectivity index (χ2v) is 7.57. The van der Waals surface area contributed by atoms with Crippen LogP contribution in [0.1, 0.15) is 53.8 Å². The third-order valence-corrected chi connectivity index (χ3v) is 5.96. The lowest BCUT2D eigenvalue weighted by Gasteiger charge is -2.23. The zero-order valence-corrected chi connectivity index (χ0v) is 14.7. The van der Waals surface area contributed by atoms with Gasteiger partial charge in [0, 0.05) is 32.6 Å². The number of carbonyl (C=O) groups is 2. The van der Waals surface area contributed by atoms with Crippen molar-refractivity contribution in [1.29, 1.82) is 5.26 Å². The molecule has 0 bridgehead atoms. The average Bonchev–Trinajstić information content (AvgIpc) is 3.20. The first-order valence-corrected chi connectivity index (χ1v) is 9.61. The molecule has 6 heteroatoms. The van der Waals surface area contributed by atoms with E-state index in [0.29, 0.717) is 42.4 Å². The maximum absolute atomic E-state index is 12.6. The molecule has 0 aromatic carbocycles. The largest absolute Gasteiger partial charge is 0.341 e. The molecule has 1 aliphatic carbocycles. The van der Waals surface area contributed by atoms with Crippen molar-refractivity contribution in [1.82, 2.24) is 9.80 Å². The standard InChI is InChI=1S/C18H23N3O2S/c19-13-15-6-11-24-17(15)18(23)21-8-3-7-20(9-10-21)16(22)12-14-4-1-2-5-14/h6,11,14H,1-5,7-10,12H2. The first kappa shape index (κ1) is 17.0. The van der Waals surface area contributed by atoms with E-state index in [2.05, 4.69) is 6.07 Å². The number of nitrogens with zero attached hydrogens (tertiary/aromatic N) is 3. The molecule has 0 unspecified atom stereocenters. The van der Waals surface area contributed by atoms with Gasteiger partial charge in [0.05, 0.1) is 5.56 Å². The Hall–Kier alpha value is -1.87. The van der Waals surface area contributed by atoms with E-state index in [1.54, 1.807) is 16.3 Å². The molecule has 0 radical (unpaired) electrons. The normalized spacial score (nSPS) is 19.1. The third kappa shape index (κ3) is 3.78. The molecule has 1 aliphatic heterocycles. The van der Waals surface area contributed by atoms with Crippen molar-refractivity contribution in [2.24, 2.45) is 5.92 Å². The summed E-state index contributed by atoms with van der Waals surface area (Å²) in [5.41, 5.74) is 0.448. The fourth-order valence-corrected chi connectivity index (χ4v) is 4.48. The summed E-state index contributed by atoms with van der Waals surface area (Å²) in [6.07, 6.45) is 6.33. The molecule has 1 saturated carbocycles. The molecular weight excluding hydrogens is 322 g/mol. The number of nitriles is 1. The van der Waals surface area contributed by atoms with Gasteiger partial charge in [0.2, 0.25) is 5.91 Å².